The van der Waals surface area contributed by atoms with Crippen LogP contribution in [0.3, 0.4) is 0 Å². The van der Waals surface area contributed by atoms with Crippen LogP contribution in [0.4, 0.5) is 0 Å². The number of hydrogen-bond acceptors (Lipinski definition) is 5. The van der Waals surface area contributed by atoms with Gasteiger partial charge in [-0.15, -0.1) is 11.3 Å². The molecule has 2 heterocycles. The van der Waals surface area contributed by atoms with Gasteiger partial charge in [0.25, 0.3) is 0 Å². The molecule has 1 aliphatic heterocycles. The second kappa shape index (κ2) is 10.2. The molecule has 0 bridgehead atoms. The number of aromatic hydroxyl groups is 1. The van der Waals surface area contributed by atoms with Gasteiger partial charge in [0, 0.05) is 34.3 Å². The summed E-state index contributed by atoms with van der Waals surface area (Å²) in [4.78, 5) is 3.39. The molecule has 0 amide bonds. The molecule has 1 aromatic heterocycles. The van der Waals surface area contributed by atoms with Crippen molar-refractivity contribution in [3.05, 3.63) is 82.7 Å². The van der Waals surface area contributed by atoms with Crippen LogP contribution in [-0.4, -0.2) is 42.0 Å². The predicted molar refractivity (Wildman–Crippen MR) is 146 cm³/mol. The van der Waals surface area contributed by atoms with Crippen molar-refractivity contribution in [3.63, 3.8) is 0 Å². The number of rotatable bonds is 8. The summed E-state index contributed by atoms with van der Waals surface area (Å²) in [6.45, 7) is 8.42. The van der Waals surface area contributed by atoms with E-state index in [4.69, 9.17) is 10.1 Å². The van der Waals surface area contributed by atoms with Crippen molar-refractivity contribution >= 4 is 27.1 Å². The zero-order valence-corrected chi connectivity index (χ0v) is 21.2. The van der Waals surface area contributed by atoms with Crippen LogP contribution in [0, 0.1) is 11.3 Å². The van der Waals surface area contributed by atoms with E-state index in [2.05, 4.69) is 36.9 Å². The van der Waals surface area contributed by atoms with Crippen LogP contribution in [0.1, 0.15) is 36.3 Å². The first-order valence-corrected chi connectivity index (χ1v) is 13.2. The number of hydrogen-bond donors (Lipinski definition) is 2. The molecule has 3 aromatic carbocycles. The molecular formula is C30H32N2O2S. The van der Waals surface area contributed by atoms with Crippen LogP contribution in [0.2, 0.25) is 0 Å². The maximum Gasteiger partial charge on any atom is 0.119 e. The van der Waals surface area contributed by atoms with Crippen molar-refractivity contribution in [1.82, 2.24) is 4.90 Å². The van der Waals surface area contributed by atoms with E-state index in [0.717, 1.165) is 56.3 Å². The van der Waals surface area contributed by atoms with Gasteiger partial charge in [0.1, 0.15) is 18.1 Å². The van der Waals surface area contributed by atoms with Crippen LogP contribution in [0.15, 0.2) is 66.7 Å². The fraction of sp³-hybridized carbons (Fsp3) is 0.300. The molecule has 2 N–H and O–H groups in total. The number of phenols is 1. The number of nitrogens with one attached hydrogen (secondary N) is 1. The van der Waals surface area contributed by atoms with Crippen LogP contribution in [0.25, 0.3) is 21.2 Å². The van der Waals surface area contributed by atoms with Crippen molar-refractivity contribution in [3.8, 4) is 22.6 Å². The molecular weight excluding hydrogens is 452 g/mol. The molecule has 1 atom stereocenters. The normalized spacial score (nSPS) is 16.1. The second-order valence-electron chi connectivity index (χ2n) is 9.44. The highest BCUT2D eigenvalue weighted by Gasteiger charge is 2.21. The molecule has 0 spiro atoms. The summed E-state index contributed by atoms with van der Waals surface area (Å²) in [5.74, 6) is 1.90. The molecule has 1 aliphatic rings. The van der Waals surface area contributed by atoms with Crippen molar-refractivity contribution in [2.75, 3.05) is 26.2 Å². The fourth-order valence-electron chi connectivity index (χ4n) is 4.98. The third kappa shape index (κ3) is 4.97. The van der Waals surface area contributed by atoms with E-state index in [1.807, 2.05) is 36.4 Å². The minimum absolute atomic E-state index is 0.244. The quantitative estimate of drug-likeness (QED) is 0.265. The minimum Gasteiger partial charge on any atom is -0.508 e. The lowest BCUT2D eigenvalue weighted by molar-refractivity contribution is 0.234. The van der Waals surface area contributed by atoms with E-state index in [9.17, 15) is 5.11 Å². The van der Waals surface area contributed by atoms with Gasteiger partial charge in [-0.25, -0.2) is 0 Å². The SMILES string of the molecule is CCc1ccccc1C(=N)c1sc2cc(O)ccc2c1-c1ccc(OCCN2CCC(C)C2)cc1. The Balaban J connectivity index is 1.44. The highest BCUT2D eigenvalue weighted by atomic mass is 32.1. The number of fused-ring (bicyclic) bond motifs is 1. The minimum atomic E-state index is 0.244. The number of thiophene rings is 1. The molecule has 4 aromatic rings. The molecule has 35 heavy (non-hydrogen) atoms. The number of nitrogens with zero attached hydrogens (tertiary/aromatic N) is 1. The number of benzene rings is 3. The predicted octanol–water partition coefficient (Wildman–Crippen LogP) is 6.97. The van der Waals surface area contributed by atoms with Crippen molar-refractivity contribution in [2.45, 2.75) is 26.7 Å². The number of likely N-dealkylation sites (tertiary alicyclic amines) is 1. The Hall–Kier alpha value is -3.15. The third-order valence-corrected chi connectivity index (χ3v) is 8.07. The van der Waals surface area contributed by atoms with Gasteiger partial charge < -0.3 is 9.84 Å². The van der Waals surface area contributed by atoms with Crippen LogP contribution in [0.5, 0.6) is 11.5 Å². The largest absolute Gasteiger partial charge is 0.508 e. The maximum absolute atomic E-state index is 10.1. The van der Waals surface area contributed by atoms with Crippen LogP contribution in [-0.2, 0) is 6.42 Å². The molecule has 1 unspecified atom stereocenters. The van der Waals surface area contributed by atoms with Gasteiger partial charge >= 0.3 is 0 Å². The Bertz CT molecular complexity index is 1340. The molecule has 1 fully saturated rings. The topological polar surface area (TPSA) is 56.6 Å². The molecule has 0 aliphatic carbocycles. The molecule has 5 rings (SSSR count). The number of phenolic OH excluding ortho intramolecular Hbond substituents is 1. The van der Waals surface area contributed by atoms with Crippen LogP contribution >= 0.6 is 11.3 Å². The van der Waals surface area contributed by atoms with E-state index >= 15 is 0 Å². The fourth-order valence-corrected chi connectivity index (χ4v) is 6.20. The highest BCUT2D eigenvalue weighted by Crippen LogP contribution is 2.42. The van der Waals surface area contributed by atoms with Gasteiger partial charge in [0.05, 0.1) is 10.6 Å². The Kier molecular flexibility index (Phi) is 6.89. The van der Waals surface area contributed by atoms with Crippen LogP contribution < -0.4 is 4.74 Å². The maximum atomic E-state index is 10.1. The molecule has 1 saturated heterocycles. The smallest absolute Gasteiger partial charge is 0.119 e. The lowest BCUT2D eigenvalue weighted by Gasteiger charge is -2.16. The summed E-state index contributed by atoms with van der Waals surface area (Å²) in [7, 11) is 0. The summed E-state index contributed by atoms with van der Waals surface area (Å²) in [5, 5.41) is 20.3. The summed E-state index contributed by atoms with van der Waals surface area (Å²) < 4.78 is 7.02. The Labute approximate surface area is 211 Å². The Morgan fingerprint density at radius 3 is 2.66 bits per heavy atom. The zero-order valence-electron chi connectivity index (χ0n) is 20.4. The van der Waals surface area contributed by atoms with Gasteiger partial charge in [-0.3, -0.25) is 10.3 Å². The molecule has 0 radical (unpaired) electrons. The first-order chi connectivity index (χ1) is 17.0. The monoisotopic (exact) mass is 484 g/mol. The number of ether oxygens (including phenoxy) is 1. The summed E-state index contributed by atoms with van der Waals surface area (Å²) in [5.41, 5.74) is 4.75. The average Bonchev–Trinajstić information content (AvgIpc) is 3.46. The third-order valence-electron chi connectivity index (χ3n) is 6.90. The first kappa shape index (κ1) is 23.6. The van der Waals surface area contributed by atoms with E-state index in [0.29, 0.717) is 12.3 Å². The number of aryl methyl sites for hydroxylation is 1. The lowest BCUT2D eigenvalue weighted by atomic mass is 9.95. The second-order valence-corrected chi connectivity index (χ2v) is 10.5. The Morgan fingerprint density at radius 2 is 1.91 bits per heavy atom. The van der Waals surface area contributed by atoms with Gasteiger partial charge in [0.2, 0.25) is 0 Å². The van der Waals surface area contributed by atoms with Crippen molar-refractivity contribution in [2.24, 2.45) is 5.92 Å². The van der Waals surface area contributed by atoms with E-state index < -0.39 is 0 Å². The van der Waals surface area contributed by atoms with E-state index in [-0.39, 0.29) is 5.75 Å². The van der Waals surface area contributed by atoms with Gasteiger partial charge in [-0.2, -0.15) is 0 Å². The first-order valence-electron chi connectivity index (χ1n) is 12.4. The van der Waals surface area contributed by atoms with Crippen molar-refractivity contribution < 1.29 is 9.84 Å². The molecule has 5 heteroatoms. The molecule has 4 nitrogen and oxygen atoms in total. The van der Waals surface area contributed by atoms with Gasteiger partial charge in [-0.05, 0) is 66.8 Å². The van der Waals surface area contributed by atoms with E-state index in [1.165, 1.54) is 25.1 Å². The molecule has 0 saturated carbocycles. The van der Waals surface area contributed by atoms with Crippen molar-refractivity contribution in [1.29, 1.82) is 5.41 Å². The standard InChI is InChI=1S/C30H32N2O2S/c1-3-21-6-4-5-7-25(21)29(31)30-28(26-13-10-23(33)18-27(26)35-30)22-8-11-24(12-9-22)34-17-16-32-15-14-20(2)19-32/h4-13,18,20,31,33H,3,14-17,19H2,1-2H3. The molecule has 180 valence electrons. The van der Waals surface area contributed by atoms with Gasteiger partial charge in [0.15, 0.2) is 0 Å². The summed E-state index contributed by atoms with van der Waals surface area (Å²) in [6, 6.07) is 21.9. The lowest BCUT2D eigenvalue weighted by Crippen LogP contribution is -2.25. The average molecular weight is 485 g/mol. The Morgan fingerprint density at radius 1 is 1.11 bits per heavy atom. The van der Waals surface area contributed by atoms with Gasteiger partial charge in [-0.1, -0.05) is 50.2 Å². The highest BCUT2D eigenvalue weighted by molar-refractivity contribution is 7.21. The van der Waals surface area contributed by atoms with E-state index in [1.54, 1.807) is 23.5 Å². The summed E-state index contributed by atoms with van der Waals surface area (Å²) >= 11 is 1.57. The zero-order chi connectivity index (χ0) is 24.4. The summed E-state index contributed by atoms with van der Waals surface area (Å²) in [6.07, 6.45) is 2.16.